The van der Waals surface area contributed by atoms with Crippen molar-refractivity contribution < 1.29 is 20.1 Å². The third-order valence-electron chi connectivity index (χ3n) is 4.90. The Bertz CT molecular complexity index is 590. The van der Waals surface area contributed by atoms with E-state index in [2.05, 4.69) is 24.1 Å². The highest BCUT2D eigenvalue weighted by Gasteiger charge is 2.32. The van der Waals surface area contributed by atoms with E-state index in [-0.39, 0.29) is 23.8 Å². The summed E-state index contributed by atoms with van der Waals surface area (Å²) in [7, 11) is 0. The molecule has 1 heterocycles. The number of unbranched alkanes of at least 4 members (excludes halogenated alkanes) is 1. The summed E-state index contributed by atoms with van der Waals surface area (Å²) in [5.41, 5.74) is 0.0980. The molecule has 0 bridgehead atoms. The Balaban J connectivity index is 1.77. The summed E-state index contributed by atoms with van der Waals surface area (Å²) < 4.78 is 0.765. The van der Waals surface area contributed by atoms with Gasteiger partial charge in [-0.15, -0.1) is 11.3 Å². The van der Waals surface area contributed by atoms with Crippen molar-refractivity contribution in [3.05, 3.63) is 23.2 Å². The number of carboxylic acids is 1. The average molecular weight is 400 g/mol. The molecule has 4 atom stereocenters. The first kappa shape index (κ1) is 21.4. The van der Waals surface area contributed by atoms with Crippen LogP contribution in [0.25, 0.3) is 0 Å². The molecule has 3 N–H and O–H groups in total. The van der Waals surface area contributed by atoms with Crippen molar-refractivity contribution in [2.24, 2.45) is 11.8 Å². The fraction of sp³-hybridized carbons (Fsp3) is 0.684. The van der Waals surface area contributed by atoms with Gasteiger partial charge in [-0.1, -0.05) is 43.7 Å². The van der Waals surface area contributed by atoms with E-state index >= 15 is 0 Å². The fourth-order valence-corrected chi connectivity index (χ4v) is 5.31. The van der Waals surface area contributed by atoms with E-state index in [0.717, 1.165) is 48.6 Å². The molecule has 26 heavy (non-hydrogen) atoms. The quantitative estimate of drug-likeness (QED) is 0.381. The van der Waals surface area contributed by atoms with E-state index in [0.29, 0.717) is 12.3 Å². The van der Waals surface area contributed by atoms with E-state index in [1.807, 2.05) is 0 Å². The third-order valence-corrected chi connectivity index (χ3v) is 6.96. The number of carbonyl (C=O) groups is 1. The molecule has 0 saturated heterocycles. The number of nitrogens with zero attached hydrogens (tertiary/aromatic N) is 1. The summed E-state index contributed by atoms with van der Waals surface area (Å²) in [4.78, 5) is 14.9. The molecular weight excluding hydrogens is 370 g/mol. The molecule has 1 aliphatic carbocycles. The molecule has 1 unspecified atom stereocenters. The number of hydrogen-bond acceptors (Lipinski definition) is 6. The van der Waals surface area contributed by atoms with Crippen molar-refractivity contribution >= 4 is 29.1 Å². The maximum Gasteiger partial charge on any atom is 0.355 e. The van der Waals surface area contributed by atoms with Gasteiger partial charge in [-0.2, -0.15) is 0 Å². The maximum atomic E-state index is 10.9. The number of aromatic nitrogens is 1. The zero-order valence-corrected chi connectivity index (χ0v) is 16.8. The van der Waals surface area contributed by atoms with E-state index in [9.17, 15) is 15.0 Å². The van der Waals surface area contributed by atoms with Crippen molar-refractivity contribution in [2.75, 3.05) is 5.75 Å². The number of carboxylic acid groups (broad SMARTS) is 1. The van der Waals surface area contributed by atoms with Gasteiger partial charge in [-0.05, 0) is 43.9 Å². The van der Waals surface area contributed by atoms with Gasteiger partial charge in [0.1, 0.15) is 0 Å². The summed E-state index contributed by atoms with van der Waals surface area (Å²) in [6.07, 6.45) is 10.1. The predicted molar refractivity (Wildman–Crippen MR) is 106 cm³/mol. The molecule has 7 heteroatoms. The number of aliphatic hydroxyl groups is 2. The van der Waals surface area contributed by atoms with Crippen molar-refractivity contribution in [3.63, 3.8) is 0 Å². The minimum atomic E-state index is -0.995. The van der Waals surface area contributed by atoms with E-state index in [4.69, 9.17) is 5.11 Å². The van der Waals surface area contributed by atoms with Crippen LogP contribution in [0.3, 0.4) is 0 Å². The van der Waals surface area contributed by atoms with Crippen molar-refractivity contribution in [1.82, 2.24) is 4.98 Å². The molecular formula is C19H29NO4S2. The summed E-state index contributed by atoms with van der Waals surface area (Å²) in [6, 6.07) is 0. The molecule has 0 aromatic carbocycles. The largest absolute Gasteiger partial charge is 0.476 e. The number of rotatable bonds is 11. The predicted octanol–water partition coefficient (Wildman–Crippen LogP) is 4.21. The van der Waals surface area contributed by atoms with Gasteiger partial charge in [-0.25, -0.2) is 9.78 Å². The number of allylic oxidation sites excluding steroid dienone is 1. The second-order valence-corrected chi connectivity index (χ2v) is 9.07. The maximum absolute atomic E-state index is 10.9. The van der Waals surface area contributed by atoms with Crippen LogP contribution in [0, 0.1) is 11.8 Å². The Hall–Kier alpha value is -0.890. The SMILES string of the molecule is CCCC[C@H](O)C/C=C/[C@H]1CCC(O)[C@@H]1CCSc1nc(C(=O)O)cs1. The molecule has 0 spiro atoms. The molecule has 1 aliphatic rings. The number of aromatic carboxylic acids is 1. The molecule has 1 aromatic rings. The Morgan fingerprint density at radius 1 is 1.50 bits per heavy atom. The van der Waals surface area contributed by atoms with Crippen LogP contribution in [0.15, 0.2) is 21.9 Å². The second-order valence-electron chi connectivity index (χ2n) is 6.87. The summed E-state index contributed by atoms with van der Waals surface area (Å²) >= 11 is 2.91. The summed E-state index contributed by atoms with van der Waals surface area (Å²) in [5.74, 6) is 0.406. The Morgan fingerprint density at radius 2 is 2.31 bits per heavy atom. The number of hydrogen-bond donors (Lipinski definition) is 3. The van der Waals surface area contributed by atoms with Crippen LogP contribution in [0.4, 0.5) is 0 Å². The van der Waals surface area contributed by atoms with Crippen LogP contribution < -0.4 is 0 Å². The monoisotopic (exact) mass is 399 g/mol. The van der Waals surface area contributed by atoms with Crippen LogP contribution in [-0.2, 0) is 0 Å². The average Bonchev–Trinajstić information content (AvgIpc) is 3.21. The lowest BCUT2D eigenvalue weighted by Gasteiger charge is -2.19. The first-order valence-corrected chi connectivity index (χ1v) is 11.2. The first-order chi connectivity index (χ1) is 12.5. The molecule has 1 saturated carbocycles. The van der Waals surface area contributed by atoms with Gasteiger partial charge >= 0.3 is 5.97 Å². The standard InChI is InChI=1S/C19H29NO4S2/c1-2-3-6-14(21)7-4-5-13-8-9-17(22)15(13)10-11-25-19-20-16(12-26-19)18(23)24/h4-5,12-15,17,21-22H,2-3,6-11H2,1H3,(H,23,24)/b5-4+/t13-,14-,15+,17?/m0/s1. The van der Waals surface area contributed by atoms with E-state index in [1.54, 1.807) is 17.1 Å². The highest BCUT2D eigenvalue weighted by atomic mass is 32.2. The smallest absolute Gasteiger partial charge is 0.355 e. The topological polar surface area (TPSA) is 90.7 Å². The van der Waals surface area contributed by atoms with Gasteiger partial charge in [0.05, 0.1) is 12.2 Å². The Morgan fingerprint density at radius 3 is 3.00 bits per heavy atom. The molecule has 1 aromatic heterocycles. The molecule has 1 fully saturated rings. The zero-order chi connectivity index (χ0) is 18.9. The van der Waals surface area contributed by atoms with Crippen molar-refractivity contribution in [2.45, 2.75) is 68.4 Å². The molecule has 146 valence electrons. The number of aliphatic hydroxyl groups excluding tert-OH is 2. The van der Waals surface area contributed by atoms with E-state index < -0.39 is 5.97 Å². The van der Waals surface area contributed by atoms with Gasteiger partial charge < -0.3 is 15.3 Å². The van der Waals surface area contributed by atoms with Gasteiger partial charge in [0.15, 0.2) is 10.0 Å². The van der Waals surface area contributed by atoms with E-state index in [1.165, 1.54) is 11.3 Å². The minimum Gasteiger partial charge on any atom is -0.476 e. The second kappa shape index (κ2) is 11.1. The molecule has 5 nitrogen and oxygen atoms in total. The zero-order valence-electron chi connectivity index (χ0n) is 15.2. The third kappa shape index (κ3) is 6.68. The molecule has 0 amide bonds. The molecule has 2 rings (SSSR count). The number of thiazole rings is 1. The van der Waals surface area contributed by atoms with Gasteiger partial charge in [-0.3, -0.25) is 0 Å². The Labute approximate surface area is 163 Å². The van der Waals surface area contributed by atoms with Crippen LogP contribution in [0.2, 0.25) is 0 Å². The lowest BCUT2D eigenvalue weighted by atomic mass is 9.91. The normalized spacial score (nSPS) is 24.3. The van der Waals surface area contributed by atoms with Gasteiger partial charge in [0.25, 0.3) is 0 Å². The van der Waals surface area contributed by atoms with Crippen LogP contribution in [0.1, 0.15) is 62.4 Å². The minimum absolute atomic E-state index is 0.0980. The molecule has 0 aliphatic heterocycles. The van der Waals surface area contributed by atoms with Crippen LogP contribution in [-0.4, -0.2) is 44.2 Å². The number of thioether (sulfide) groups is 1. The van der Waals surface area contributed by atoms with Gasteiger partial charge in [0, 0.05) is 11.1 Å². The summed E-state index contributed by atoms with van der Waals surface area (Å²) in [6.45, 7) is 2.12. The van der Waals surface area contributed by atoms with Gasteiger partial charge in [0.2, 0.25) is 0 Å². The van der Waals surface area contributed by atoms with Crippen LogP contribution in [0.5, 0.6) is 0 Å². The summed E-state index contributed by atoms with van der Waals surface area (Å²) in [5, 5.41) is 30.7. The van der Waals surface area contributed by atoms with Crippen LogP contribution >= 0.6 is 23.1 Å². The highest BCUT2D eigenvalue weighted by molar-refractivity contribution is 8.01. The fourth-order valence-electron chi connectivity index (χ4n) is 3.39. The van der Waals surface area contributed by atoms with Crippen molar-refractivity contribution in [1.29, 1.82) is 0 Å². The van der Waals surface area contributed by atoms with Crippen molar-refractivity contribution in [3.8, 4) is 0 Å². The first-order valence-electron chi connectivity index (χ1n) is 9.35. The molecule has 0 radical (unpaired) electrons. The lowest BCUT2D eigenvalue weighted by Crippen LogP contribution is -2.19. The lowest BCUT2D eigenvalue weighted by molar-refractivity contribution is 0.0690. The highest BCUT2D eigenvalue weighted by Crippen LogP contribution is 2.37. The Kier molecular flexibility index (Phi) is 9.11.